The highest BCUT2D eigenvalue weighted by Gasteiger charge is 2.16. The van der Waals surface area contributed by atoms with E-state index in [1.807, 2.05) is 16.5 Å². The topological polar surface area (TPSA) is 41.6 Å². The molecule has 0 aromatic rings. The zero-order valence-electron chi connectivity index (χ0n) is 5.32. The number of thioether (sulfide) groups is 1. The van der Waals surface area contributed by atoms with Crippen molar-refractivity contribution in [1.29, 1.82) is 0 Å². The molecule has 0 radical (unpaired) electrons. The van der Waals surface area contributed by atoms with E-state index >= 15 is 0 Å². The molecule has 0 saturated heterocycles. The lowest BCUT2D eigenvalue weighted by atomic mass is 10.4. The highest BCUT2D eigenvalue weighted by atomic mass is 32.2. The van der Waals surface area contributed by atoms with Crippen molar-refractivity contribution in [1.82, 2.24) is 4.90 Å². The SMILES string of the molecule is NC1=CN=C2SC=CN2C1. The number of hydrogen-bond acceptors (Lipinski definition) is 4. The first-order valence-corrected chi connectivity index (χ1v) is 3.86. The van der Waals surface area contributed by atoms with E-state index in [2.05, 4.69) is 4.99 Å². The van der Waals surface area contributed by atoms with Crippen molar-refractivity contribution in [3.63, 3.8) is 0 Å². The minimum atomic E-state index is 0.780. The fourth-order valence-corrected chi connectivity index (χ4v) is 1.60. The van der Waals surface area contributed by atoms with Crippen LogP contribution in [0.5, 0.6) is 0 Å². The molecule has 2 heterocycles. The molecule has 0 bridgehead atoms. The Bertz CT molecular complexity index is 241. The molecule has 4 heteroatoms. The summed E-state index contributed by atoms with van der Waals surface area (Å²) in [5, 5.41) is 3.03. The summed E-state index contributed by atoms with van der Waals surface area (Å²) in [6, 6.07) is 0. The molecular formula is C6H7N3S. The van der Waals surface area contributed by atoms with E-state index in [0.717, 1.165) is 17.4 Å². The molecule has 0 atom stereocenters. The highest BCUT2D eigenvalue weighted by Crippen LogP contribution is 2.22. The second kappa shape index (κ2) is 2.05. The van der Waals surface area contributed by atoms with Crippen LogP contribution in [0, 0.1) is 0 Å². The van der Waals surface area contributed by atoms with Crippen LogP contribution < -0.4 is 5.73 Å². The van der Waals surface area contributed by atoms with Crippen molar-refractivity contribution in [3.05, 3.63) is 23.5 Å². The molecule has 0 spiro atoms. The summed E-state index contributed by atoms with van der Waals surface area (Å²) >= 11 is 1.62. The molecule has 0 aromatic carbocycles. The Kier molecular flexibility index (Phi) is 1.20. The van der Waals surface area contributed by atoms with E-state index in [4.69, 9.17) is 5.73 Å². The molecule has 0 amide bonds. The van der Waals surface area contributed by atoms with Gasteiger partial charge in [-0.2, -0.15) is 0 Å². The maximum atomic E-state index is 5.56. The minimum absolute atomic E-state index is 0.780. The number of nitrogens with zero attached hydrogens (tertiary/aromatic N) is 2. The third kappa shape index (κ3) is 0.806. The quantitative estimate of drug-likeness (QED) is 0.556. The van der Waals surface area contributed by atoms with Gasteiger partial charge in [0.2, 0.25) is 0 Å². The predicted octanol–water partition coefficient (Wildman–Crippen LogP) is 0.676. The van der Waals surface area contributed by atoms with E-state index in [0.29, 0.717) is 0 Å². The molecule has 0 aliphatic carbocycles. The lowest BCUT2D eigenvalue weighted by Crippen LogP contribution is -2.27. The van der Waals surface area contributed by atoms with Gasteiger partial charge in [-0.1, -0.05) is 11.8 Å². The number of rotatable bonds is 0. The molecule has 2 N–H and O–H groups in total. The fourth-order valence-electron chi connectivity index (χ4n) is 0.897. The minimum Gasteiger partial charge on any atom is -0.399 e. The second-order valence-corrected chi connectivity index (χ2v) is 3.02. The Balaban J connectivity index is 2.28. The van der Waals surface area contributed by atoms with Gasteiger partial charge in [-0.25, -0.2) is 4.99 Å². The average molecular weight is 153 g/mol. The molecule has 52 valence electrons. The van der Waals surface area contributed by atoms with E-state index in [1.165, 1.54) is 0 Å². The van der Waals surface area contributed by atoms with Crippen LogP contribution in [0.15, 0.2) is 28.5 Å². The first-order valence-electron chi connectivity index (χ1n) is 2.98. The summed E-state index contributed by atoms with van der Waals surface area (Å²) in [6.07, 6.45) is 3.70. The van der Waals surface area contributed by atoms with Gasteiger partial charge < -0.3 is 10.6 Å². The molecule has 0 aromatic heterocycles. The Morgan fingerprint density at radius 3 is 3.50 bits per heavy atom. The van der Waals surface area contributed by atoms with Crippen molar-refractivity contribution < 1.29 is 0 Å². The van der Waals surface area contributed by atoms with Gasteiger partial charge in [-0.3, -0.25) is 0 Å². The average Bonchev–Trinajstić information content (AvgIpc) is 2.33. The third-order valence-corrected chi connectivity index (χ3v) is 2.16. The molecule has 0 unspecified atom stereocenters. The van der Waals surface area contributed by atoms with Crippen LogP contribution in [0.1, 0.15) is 0 Å². The normalized spacial score (nSPS) is 22.2. The lowest BCUT2D eigenvalue weighted by molar-refractivity contribution is 0.607. The molecule has 0 saturated carbocycles. The summed E-state index contributed by atoms with van der Waals surface area (Å²) < 4.78 is 0. The summed E-state index contributed by atoms with van der Waals surface area (Å²) in [5.41, 5.74) is 6.38. The number of amidine groups is 1. The second-order valence-electron chi connectivity index (χ2n) is 2.15. The summed E-state index contributed by atoms with van der Waals surface area (Å²) in [6.45, 7) is 0.780. The van der Waals surface area contributed by atoms with Crippen LogP contribution in [0.4, 0.5) is 0 Å². The maximum Gasteiger partial charge on any atom is 0.172 e. The highest BCUT2D eigenvalue weighted by molar-refractivity contribution is 8.16. The zero-order chi connectivity index (χ0) is 6.97. The van der Waals surface area contributed by atoms with Crippen molar-refractivity contribution >= 4 is 16.9 Å². The molecule has 0 fully saturated rings. The Hall–Kier alpha value is -0.900. The smallest absolute Gasteiger partial charge is 0.172 e. The van der Waals surface area contributed by atoms with E-state index in [1.54, 1.807) is 18.0 Å². The van der Waals surface area contributed by atoms with Crippen molar-refractivity contribution in [3.8, 4) is 0 Å². The molecular weight excluding hydrogens is 146 g/mol. The van der Waals surface area contributed by atoms with Gasteiger partial charge in [-0.05, 0) is 5.41 Å². The third-order valence-electron chi connectivity index (χ3n) is 1.35. The number of fused-ring (bicyclic) bond motifs is 1. The van der Waals surface area contributed by atoms with Gasteiger partial charge in [0, 0.05) is 11.9 Å². The van der Waals surface area contributed by atoms with E-state index in [-0.39, 0.29) is 0 Å². The fraction of sp³-hybridized carbons (Fsp3) is 0.167. The first-order chi connectivity index (χ1) is 4.86. The van der Waals surface area contributed by atoms with Gasteiger partial charge >= 0.3 is 0 Å². The van der Waals surface area contributed by atoms with Crippen molar-refractivity contribution in [2.24, 2.45) is 10.7 Å². The molecule has 2 rings (SSSR count). The Morgan fingerprint density at radius 1 is 1.70 bits per heavy atom. The number of nitrogens with two attached hydrogens (primary N) is 1. The molecule has 3 nitrogen and oxygen atoms in total. The number of hydrogen-bond donors (Lipinski definition) is 1. The summed E-state index contributed by atoms with van der Waals surface area (Å²) in [4.78, 5) is 6.16. The van der Waals surface area contributed by atoms with Crippen LogP contribution >= 0.6 is 11.8 Å². The van der Waals surface area contributed by atoms with Crippen LogP contribution in [0.2, 0.25) is 0 Å². The van der Waals surface area contributed by atoms with Gasteiger partial charge in [-0.15, -0.1) is 0 Å². The predicted molar refractivity (Wildman–Crippen MR) is 43.1 cm³/mol. The first kappa shape index (κ1) is 5.85. The standard InChI is InChI=1S/C6H7N3S/c7-5-3-8-6-9(4-5)1-2-10-6/h1-3H,4,7H2. The largest absolute Gasteiger partial charge is 0.399 e. The Labute approximate surface area is 63.3 Å². The zero-order valence-corrected chi connectivity index (χ0v) is 6.14. The molecule has 2 aliphatic heterocycles. The van der Waals surface area contributed by atoms with Crippen LogP contribution in [0.3, 0.4) is 0 Å². The van der Waals surface area contributed by atoms with Crippen molar-refractivity contribution in [2.45, 2.75) is 0 Å². The van der Waals surface area contributed by atoms with Crippen LogP contribution in [-0.4, -0.2) is 16.6 Å². The van der Waals surface area contributed by atoms with E-state index < -0.39 is 0 Å². The lowest BCUT2D eigenvalue weighted by Gasteiger charge is -2.18. The van der Waals surface area contributed by atoms with Gasteiger partial charge in [0.1, 0.15) is 0 Å². The monoisotopic (exact) mass is 153 g/mol. The molecule has 2 aliphatic rings. The maximum absolute atomic E-state index is 5.56. The van der Waals surface area contributed by atoms with E-state index in [9.17, 15) is 0 Å². The number of aliphatic imine (C=N–C) groups is 1. The summed E-state index contributed by atoms with van der Waals surface area (Å²) in [7, 11) is 0. The summed E-state index contributed by atoms with van der Waals surface area (Å²) in [5.74, 6) is 0. The van der Waals surface area contributed by atoms with Gasteiger partial charge in [0.05, 0.1) is 12.7 Å². The Morgan fingerprint density at radius 2 is 2.60 bits per heavy atom. The van der Waals surface area contributed by atoms with Crippen molar-refractivity contribution in [2.75, 3.05) is 6.54 Å². The van der Waals surface area contributed by atoms with Gasteiger partial charge in [0.25, 0.3) is 0 Å². The van der Waals surface area contributed by atoms with Crippen LogP contribution in [-0.2, 0) is 0 Å². The molecule has 10 heavy (non-hydrogen) atoms. The van der Waals surface area contributed by atoms with Crippen LogP contribution in [0.25, 0.3) is 0 Å². The van der Waals surface area contributed by atoms with Gasteiger partial charge in [0.15, 0.2) is 5.17 Å².